The first kappa shape index (κ1) is 46.0. The molecule has 6 aromatic carbocycles. The minimum Gasteiger partial charge on any atom is -0.374 e. The average Bonchev–Trinajstić information content (AvgIpc) is 3.38. The van der Waals surface area contributed by atoms with Gasteiger partial charge in [-0.15, -0.1) is 0 Å². The van der Waals surface area contributed by atoms with Crippen LogP contribution >= 0.6 is 0 Å². The molecule has 3 saturated heterocycles. The maximum absolute atomic E-state index is 7.40. The molecule has 11 atom stereocenters. The van der Waals surface area contributed by atoms with Gasteiger partial charge in [0, 0.05) is 12.7 Å². The van der Waals surface area contributed by atoms with Crippen molar-refractivity contribution in [1.29, 1.82) is 0 Å². The van der Waals surface area contributed by atoms with Crippen molar-refractivity contribution in [3.8, 4) is 0 Å². The summed E-state index contributed by atoms with van der Waals surface area (Å²) in [5.41, 5.74) is 5.85. The summed E-state index contributed by atoms with van der Waals surface area (Å²) < 4.78 is 74.6. The smallest absolute Gasteiger partial charge is 0.187 e. The molecule has 344 valence electrons. The van der Waals surface area contributed by atoms with E-state index in [2.05, 4.69) is 0 Å². The van der Waals surface area contributed by atoms with Crippen LogP contribution in [-0.4, -0.2) is 81.7 Å². The molecule has 0 bridgehead atoms. The fourth-order valence-corrected chi connectivity index (χ4v) is 8.63. The predicted molar refractivity (Wildman–Crippen MR) is 245 cm³/mol. The Kier molecular flexibility index (Phi) is 16.4. The van der Waals surface area contributed by atoms with E-state index in [1.165, 1.54) is 0 Å². The first-order valence-corrected chi connectivity index (χ1v) is 22.7. The van der Waals surface area contributed by atoms with Gasteiger partial charge in [-0.25, -0.2) is 0 Å². The lowest BCUT2D eigenvalue weighted by Crippen LogP contribution is -2.67. The molecule has 11 heteroatoms. The number of benzene rings is 6. The standard InChI is InChI=1S/C55H58O11/c1-56-54-52(61-36-43-28-16-6-17-29-43)50(48-46(63-54)38-62-53(65-48)44-30-18-7-19-31-44)66-55-51(60-35-42-26-14-5-15-27-42)49(59-34-41-24-12-4-13-25-41)47(58-33-40-22-10-3-11-23-40)45(64-55)37-57-32-39-20-8-2-9-21-39/h2-31,45-55H,32-38H2,1H3/t45-,46-,47+,48-,49+,50+,51-,52-,53?,54+,55?/m1/s1. The zero-order valence-corrected chi connectivity index (χ0v) is 37.1. The molecule has 0 radical (unpaired) electrons. The largest absolute Gasteiger partial charge is 0.374 e. The Labute approximate surface area is 387 Å². The van der Waals surface area contributed by atoms with E-state index in [0.29, 0.717) is 13.2 Å². The molecular formula is C55H58O11. The molecular weight excluding hydrogens is 837 g/mol. The van der Waals surface area contributed by atoms with Gasteiger partial charge >= 0.3 is 0 Å². The van der Waals surface area contributed by atoms with Crippen LogP contribution in [0, 0.1) is 0 Å². The molecule has 6 aromatic rings. The van der Waals surface area contributed by atoms with Crippen LogP contribution in [0.2, 0.25) is 0 Å². The third-order valence-corrected chi connectivity index (χ3v) is 12.0. The summed E-state index contributed by atoms with van der Waals surface area (Å²) in [5.74, 6) is 0. The van der Waals surface area contributed by atoms with Crippen molar-refractivity contribution in [3.63, 3.8) is 0 Å². The predicted octanol–water partition coefficient (Wildman–Crippen LogP) is 9.14. The van der Waals surface area contributed by atoms with Crippen molar-refractivity contribution in [1.82, 2.24) is 0 Å². The second-order valence-electron chi connectivity index (χ2n) is 16.6. The van der Waals surface area contributed by atoms with E-state index in [1.54, 1.807) is 7.11 Å². The van der Waals surface area contributed by atoms with Crippen molar-refractivity contribution in [2.24, 2.45) is 0 Å². The molecule has 9 rings (SSSR count). The van der Waals surface area contributed by atoms with E-state index < -0.39 is 67.7 Å². The lowest BCUT2D eigenvalue weighted by Gasteiger charge is -2.51. The van der Waals surface area contributed by atoms with Gasteiger partial charge in [-0.3, -0.25) is 0 Å². The second-order valence-corrected chi connectivity index (χ2v) is 16.6. The molecule has 3 fully saturated rings. The van der Waals surface area contributed by atoms with Gasteiger partial charge in [0.1, 0.15) is 48.8 Å². The number of hydrogen-bond acceptors (Lipinski definition) is 11. The Hall–Kier alpha value is -5.12. The van der Waals surface area contributed by atoms with E-state index in [4.69, 9.17) is 52.1 Å². The van der Waals surface area contributed by atoms with Gasteiger partial charge in [0.15, 0.2) is 18.9 Å². The zero-order valence-electron chi connectivity index (χ0n) is 37.1. The quantitative estimate of drug-likeness (QED) is 0.0734. The van der Waals surface area contributed by atoms with Crippen LogP contribution < -0.4 is 0 Å². The van der Waals surface area contributed by atoms with E-state index in [0.717, 1.165) is 33.4 Å². The summed E-state index contributed by atoms with van der Waals surface area (Å²) in [5, 5.41) is 0. The second kappa shape index (κ2) is 23.6. The van der Waals surface area contributed by atoms with Crippen LogP contribution in [0.1, 0.15) is 39.7 Å². The highest BCUT2D eigenvalue weighted by Crippen LogP contribution is 2.40. The van der Waals surface area contributed by atoms with Crippen LogP contribution in [0.3, 0.4) is 0 Å². The zero-order chi connectivity index (χ0) is 44.8. The Morgan fingerprint density at radius 3 is 1.33 bits per heavy atom. The van der Waals surface area contributed by atoms with Gasteiger partial charge in [-0.1, -0.05) is 182 Å². The van der Waals surface area contributed by atoms with E-state index in [9.17, 15) is 0 Å². The summed E-state index contributed by atoms with van der Waals surface area (Å²) >= 11 is 0. The first-order valence-electron chi connectivity index (χ1n) is 22.7. The van der Waals surface area contributed by atoms with Crippen LogP contribution in [0.5, 0.6) is 0 Å². The molecule has 3 heterocycles. The van der Waals surface area contributed by atoms with Gasteiger partial charge in [-0.2, -0.15) is 0 Å². The molecule has 3 aliphatic rings. The highest BCUT2D eigenvalue weighted by molar-refractivity contribution is 5.19. The van der Waals surface area contributed by atoms with E-state index in [-0.39, 0.29) is 33.0 Å². The summed E-state index contributed by atoms with van der Waals surface area (Å²) in [6.45, 7) is 1.85. The lowest BCUT2D eigenvalue weighted by molar-refractivity contribution is -0.399. The normalized spacial score (nSPS) is 27.5. The summed E-state index contributed by atoms with van der Waals surface area (Å²) in [6, 6.07) is 60.1. The number of methoxy groups -OCH3 is 1. The number of rotatable bonds is 20. The van der Waals surface area contributed by atoms with Gasteiger partial charge in [0.25, 0.3) is 0 Å². The molecule has 0 amide bonds. The number of fused-ring (bicyclic) bond motifs is 1. The average molecular weight is 895 g/mol. The van der Waals surface area contributed by atoms with Gasteiger partial charge < -0.3 is 52.1 Å². The Morgan fingerprint density at radius 2 is 0.848 bits per heavy atom. The molecule has 11 nitrogen and oxygen atoms in total. The summed E-state index contributed by atoms with van der Waals surface area (Å²) in [4.78, 5) is 0. The summed E-state index contributed by atoms with van der Waals surface area (Å²) in [6.07, 6.45) is -8.32. The summed E-state index contributed by atoms with van der Waals surface area (Å²) in [7, 11) is 1.60. The first-order chi connectivity index (χ1) is 32.7. The van der Waals surface area contributed by atoms with E-state index >= 15 is 0 Å². The van der Waals surface area contributed by atoms with Gasteiger partial charge in [-0.05, 0) is 27.8 Å². The van der Waals surface area contributed by atoms with Crippen molar-refractivity contribution >= 4 is 0 Å². The van der Waals surface area contributed by atoms with Gasteiger partial charge in [0.05, 0.1) is 46.2 Å². The fraction of sp³-hybridized carbons (Fsp3) is 0.345. The molecule has 2 unspecified atom stereocenters. The third kappa shape index (κ3) is 12.1. The number of ether oxygens (including phenoxy) is 11. The topological polar surface area (TPSA) is 102 Å². The van der Waals surface area contributed by atoms with Crippen molar-refractivity contribution < 1.29 is 52.1 Å². The highest BCUT2D eigenvalue weighted by atomic mass is 16.8. The maximum Gasteiger partial charge on any atom is 0.187 e. The van der Waals surface area contributed by atoms with Crippen LogP contribution in [0.25, 0.3) is 0 Å². The monoisotopic (exact) mass is 894 g/mol. The van der Waals surface area contributed by atoms with Crippen molar-refractivity contribution in [2.75, 3.05) is 20.3 Å². The van der Waals surface area contributed by atoms with E-state index in [1.807, 2.05) is 182 Å². The molecule has 0 aromatic heterocycles. The minimum absolute atomic E-state index is 0.166. The van der Waals surface area contributed by atoms with Crippen LogP contribution in [0.15, 0.2) is 182 Å². The molecule has 66 heavy (non-hydrogen) atoms. The van der Waals surface area contributed by atoms with Gasteiger partial charge in [0.2, 0.25) is 0 Å². The molecule has 0 aliphatic carbocycles. The van der Waals surface area contributed by atoms with Crippen LogP contribution in [-0.2, 0) is 85.1 Å². The van der Waals surface area contributed by atoms with Crippen molar-refractivity contribution in [2.45, 2.75) is 101 Å². The molecule has 0 N–H and O–H groups in total. The molecule has 0 saturated carbocycles. The molecule has 3 aliphatic heterocycles. The highest BCUT2D eigenvalue weighted by Gasteiger charge is 2.56. The fourth-order valence-electron chi connectivity index (χ4n) is 8.63. The van der Waals surface area contributed by atoms with Crippen LogP contribution in [0.4, 0.5) is 0 Å². The SMILES string of the molecule is CO[C@H]1O[C@@H]2COC(c3ccccc3)O[C@H]2[C@H](OC2O[C@H](COCc3ccccc3)[C@H](OCc3ccccc3)[C@H](OCc3ccccc3)[C@H]2OCc2ccccc2)[C@H]1OCc1ccccc1. The van der Waals surface area contributed by atoms with Crippen molar-refractivity contribution in [3.05, 3.63) is 215 Å². The Balaban J connectivity index is 1.10. The third-order valence-electron chi connectivity index (χ3n) is 12.0. The molecule has 0 spiro atoms. The lowest BCUT2D eigenvalue weighted by atomic mass is 9.95. The maximum atomic E-state index is 7.40. The minimum atomic E-state index is -1.05. The Bertz CT molecular complexity index is 2270. The Morgan fingerprint density at radius 1 is 0.424 bits per heavy atom. The number of hydrogen-bond donors (Lipinski definition) is 0.